The van der Waals surface area contributed by atoms with Crippen LogP contribution in [0, 0.1) is 0 Å². The quantitative estimate of drug-likeness (QED) is 0.470. The highest BCUT2D eigenvalue weighted by atomic mass is 79.9. The molecule has 174 valence electrons. The third-order valence-electron chi connectivity index (χ3n) is 5.06. The largest absolute Gasteiger partial charge is 0.436 e. The first-order chi connectivity index (χ1) is 15.7. The Kier molecular flexibility index (Phi) is 6.28. The zero-order valence-electron chi connectivity index (χ0n) is 17.5. The van der Waals surface area contributed by atoms with E-state index in [1.54, 1.807) is 30.3 Å². The monoisotopic (exact) mass is 524 g/mol. The minimum atomic E-state index is -4.64. The molecule has 2 N–H and O–H groups in total. The fraction of sp³-hybridized carbons (Fsp3) is 0.333. The first kappa shape index (κ1) is 23.0. The van der Waals surface area contributed by atoms with Crippen LogP contribution < -0.4 is 10.6 Å². The molecule has 4 rings (SSSR count). The van der Waals surface area contributed by atoms with Gasteiger partial charge in [0.25, 0.3) is 5.91 Å². The number of halogens is 4. The van der Waals surface area contributed by atoms with E-state index in [-0.39, 0.29) is 21.8 Å². The van der Waals surface area contributed by atoms with Crippen LogP contribution in [0.25, 0.3) is 0 Å². The van der Waals surface area contributed by atoms with Crippen LogP contribution in [0.15, 0.2) is 41.0 Å². The summed E-state index contributed by atoms with van der Waals surface area (Å²) in [6, 6.07) is 8.75. The number of anilines is 2. The maximum Gasteiger partial charge on any atom is 0.436 e. The Labute approximate surface area is 195 Å². The summed E-state index contributed by atoms with van der Waals surface area (Å²) in [5.41, 5.74) is 0.00305. The molecule has 0 aliphatic heterocycles. The summed E-state index contributed by atoms with van der Waals surface area (Å²) in [6.45, 7) is 1.84. The SMILES string of the molecule is CCn1cc(NC(=O)Cn2nc(C(F)(F)F)c(Br)c2C2CC2)c(C(=O)Nc2ccccc2)n1. The number of amides is 2. The minimum absolute atomic E-state index is 0.00547. The van der Waals surface area contributed by atoms with Crippen molar-refractivity contribution in [3.05, 3.63) is 58.1 Å². The van der Waals surface area contributed by atoms with E-state index >= 15 is 0 Å². The molecule has 0 saturated heterocycles. The maximum absolute atomic E-state index is 13.3. The molecule has 0 atom stereocenters. The molecule has 1 aliphatic rings. The van der Waals surface area contributed by atoms with Gasteiger partial charge in [-0.05, 0) is 47.8 Å². The summed E-state index contributed by atoms with van der Waals surface area (Å²) in [7, 11) is 0. The molecule has 1 fully saturated rings. The Bertz CT molecular complexity index is 1180. The molecule has 3 aromatic rings. The van der Waals surface area contributed by atoms with E-state index in [0.717, 1.165) is 17.5 Å². The molecular formula is C21H20BrF3N6O2. The lowest BCUT2D eigenvalue weighted by Gasteiger charge is -2.09. The highest BCUT2D eigenvalue weighted by Gasteiger charge is 2.42. The van der Waals surface area contributed by atoms with Crippen molar-refractivity contribution in [1.29, 1.82) is 0 Å². The summed E-state index contributed by atoms with van der Waals surface area (Å²) < 4.78 is 42.4. The molecule has 2 amide bonds. The summed E-state index contributed by atoms with van der Waals surface area (Å²) >= 11 is 3.01. The van der Waals surface area contributed by atoms with Gasteiger partial charge in [0.15, 0.2) is 11.4 Å². The maximum atomic E-state index is 13.3. The number of rotatable bonds is 7. The van der Waals surface area contributed by atoms with Gasteiger partial charge in [-0.3, -0.25) is 19.0 Å². The Balaban J connectivity index is 1.55. The van der Waals surface area contributed by atoms with Crippen LogP contribution in [-0.4, -0.2) is 31.4 Å². The minimum Gasteiger partial charge on any atom is -0.321 e. The van der Waals surface area contributed by atoms with Crippen LogP contribution in [0.3, 0.4) is 0 Å². The number of aryl methyl sites for hydroxylation is 1. The molecule has 0 spiro atoms. The zero-order chi connectivity index (χ0) is 23.8. The average molecular weight is 525 g/mol. The number of hydrogen-bond acceptors (Lipinski definition) is 4. The van der Waals surface area contributed by atoms with E-state index < -0.39 is 30.2 Å². The molecule has 1 aliphatic carbocycles. The van der Waals surface area contributed by atoms with Gasteiger partial charge in [0.2, 0.25) is 5.91 Å². The lowest BCUT2D eigenvalue weighted by molar-refractivity contribution is -0.142. The molecular weight excluding hydrogens is 505 g/mol. The highest BCUT2D eigenvalue weighted by Crippen LogP contribution is 2.46. The average Bonchev–Trinajstić information content (AvgIpc) is 3.41. The molecule has 0 radical (unpaired) electrons. The molecule has 0 unspecified atom stereocenters. The first-order valence-electron chi connectivity index (χ1n) is 10.2. The number of aromatic nitrogens is 4. The third-order valence-corrected chi connectivity index (χ3v) is 5.85. The number of para-hydroxylation sites is 1. The van der Waals surface area contributed by atoms with Crippen molar-refractivity contribution in [1.82, 2.24) is 19.6 Å². The van der Waals surface area contributed by atoms with Gasteiger partial charge in [0.05, 0.1) is 15.9 Å². The van der Waals surface area contributed by atoms with Gasteiger partial charge in [0.1, 0.15) is 6.54 Å². The van der Waals surface area contributed by atoms with Gasteiger partial charge in [-0.15, -0.1) is 0 Å². The second kappa shape index (κ2) is 9.00. The fourth-order valence-electron chi connectivity index (χ4n) is 3.38. The predicted molar refractivity (Wildman–Crippen MR) is 118 cm³/mol. The van der Waals surface area contributed by atoms with Crippen molar-refractivity contribution in [2.75, 3.05) is 10.6 Å². The molecule has 12 heteroatoms. The predicted octanol–water partition coefficient (Wildman–Crippen LogP) is 4.65. The van der Waals surface area contributed by atoms with Crippen LogP contribution in [0.5, 0.6) is 0 Å². The summed E-state index contributed by atoms with van der Waals surface area (Å²) in [5, 5.41) is 13.1. The molecule has 1 saturated carbocycles. The van der Waals surface area contributed by atoms with Crippen molar-refractivity contribution in [2.45, 2.75) is 44.9 Å². The van der Waals surface area contributed by atoms with Crippen molar-refractivity contribution in [3.8, 4) is 0 Å². The Morgan fingerprint density at radius 2 is 1.85 bits per heavy atom. The number of benzene rings is 1. The molecule has 0 bridgehead atoms. The zero-order valence-corrected chi connectivity index (χ0v) is 19.1. The Morgan fingerprint density at radius 1 is 1.15 bits per heavy atom. The van der Waals surface area contributed by atoms with Crippen molar-refractivity contribution in [3.63, 3.8) is 0 Å². The topological polar surface area (TPSA) is 93.8 Å². The molecule has 2 heterocycles. The van der Waals surface area contributed by atoms with Gasteiger partial charge in [-0.1, -0.05) is 18.2 Å². The summed E-state index contributed by atoms with van der Waals surface area (Å²) in [6.07, 6.45) is -1.68. The fourth-order valence-corrected chi connectivity index (χ4v) is 4.21. The van der Waals surface area contributed by atoms with Crippen molar-refractivity contribution >= 4 is 39.1 Å². The molecule has 8 nitrogen and oxygen atoms in total. The smallest absolute Gasteiger partial charge is 0.321 e. The van der Waals surface area contributed by atoms with E-state index in [1.807, 2.05) is 6.92 Å². The second-order valence-corrected chi connectivity index (χ2v) is 8.39. The van der Waals surface area contributed by atoms with Crippen molar-refractivity contribution in [2.24, 2.45) is 0 Å². The number of nitrogens with one attached hydrogen (secondary N) is 2. The molecule has 1 aromatic carbocycles. The molecule has 2 aromatic heterocycles. The Hall–Kier alpha value is -3.15. The van der Waals surface area contributed by atoms with E-state index in [1.165, 1.54) is 10.9 Å². The Morgan fingerprint density at radius 3 is 2.45 bits per heavy atom. The number of carbonyl (C=O) groups is 2. The number of carbonyl (C=O) groups excluding carboxylic acids is 2. The van der Waals surface area contributed by atoms with E-state index in [2.05, 4.69) is 36.8 Å². The summed E-state index contributed by atoms with van der Waals surface area (Å²) in [5.74, 6) is -1.22. The van der Waals surface area contributed by atoms with Gasteiger partial charge in [-0.2, -0.15) is 23.4 Å². The van der Waals surface area contributed by atoms with Gasteiger partial charge in [0, 0.05) is 24.3 Å². The lowest BCUT2D eigenvalue weighted by Crippen LogP contribution is -2.23. The van der Waals surface area contributed by atoms with Crippen molar-refractivity contribution < 1.29 is 22.8 Å². The van der Waals surface area contributed by atoms with Crippen LogP contribution in [-0.2, 0) is 24.1 Å². The molecule has 33 heavy (non-hydrogen) atoms. The van der Waals surface area contributed by atoms with Gasteiger partial charge >= 0.3 is 6.18 Å². The normalized spacial score (nSPS) is 13.7. The number of hydrogen-bond donors (Lipinski definition) is 2. The number of nitrogens with zero attached hydrogens (tertiary/aromatic N) is 4. The van der Waals surface area contributed by atoms with E-state index in [9.17, 15) is 22.8 Å². The van der Waals surface area contributed by atoms with Crippen LogP contribution >= 0.6 is 15.9 Å². The standard InChI is InChI=1S/C21H20BrF3N6O2/c1-2-30-10-14(17(28-30)20(33)26-13-6-4-3-5-7-13)27-15(32)11-31-18(12-8-9-12)16(22)19(29-31)21(23,24)25/h3-7,10,12H,2,8-9,11H2,1H3,(H,26,33)(H,27,32). The summed E-state index contributed by atoms with van der Waals surface area (Å²) in [4.78, 5) is 25.5. The number of alkyl halides is 3. The van der Waals surface area contributed by atoms with E-state index in [4.69, 9.17) is 0 Å². The lowest BCUT2D eigenvalue weighted by atomic mass is 10.2. The van der Waals surface area contributed by atoms with Crippen LogP contribution in [0.1, 0.15) is 47.6 Å². The van der Waals surface area contributed by atoms with Crippen LogP contribution in [0.2, 0.25) is 0 Å². The van der Waals surface area contributed by atoms with Gasteiger partial charge in [-0.25, -0.2) is 0 Å². The van der Waals surface area contributed by atoms with Gasteiger partial charge < -0.3 is 10.6 Å². The van der Waals surface area contributed by atoms with Crippen LogP contribution in [0.4, 0.5) is 24.5 Å². The third kappa shape index (κ3) is 5.10. The second-order valence-electron chi connectivity index (χ2n) is 7.59. The highest BCUT2D eigenvalue weighted by molar-refractivity contribution is 9.10. The van der Waals surface area contributed by atoms with E-state index in [0.29, 0.717) is 17.9 Å². The first-order valence-corrected chi connectivity index (χ1v) is 11.0.